The van der Waals surface area contributed by atoms with Gasteiger partial charge in [-0.3, -0.25) is 4.79 Å². The van der Waals surface area contributed by atoms with E-state index in [1.54, 1.807) is 11.3 Å². The van der Waals surface area contributed by atoms with Gasteiger partial charge in [0.1, 0.15) is 10.9 Å². The molecule has 1 unspecified atom stereocenters. The van der Waals surface area contributed by atoms with Gasteiger partial charge in [-0.05, 0) is 18.6 Å². The number of nitrogens with one attached hydrogen (secondary N) is 1. The lowest BCUT2D eigenvalue weighted by Crippen LogP contribution is -2.12. The van der Waals surface area contributed by atoms with E-state index in [1.807, 2.05) is 37.4 Å². The van der Waals surface area contributed by atoms with Crippen molar-refractivity contribution in [3.63, 3.8) is 0 Å². The first-order valence-electron chi connectivity index (χ1n) is 5.08. The molecule has 1 N–H and O–H groups in total. The van der Waals surface area contributed by atoms with Crippen LogP contribution in [0.25, 0.3) is 0 Å². The van der Waals surface area contributed by atoms with E-state index < -0.39 is 0 Å². The van der Waals surface area contributed by atoms with Crippen molar-refractivity contribution in [3.8, 4) is 0 Å². The first-order chi connectivity index (χ1) is 7.75. The van der Waals surface area contributed by atoms with Gasteiger partial charge in [0.05, 0.1) is 0 Å². The maximum absolute atomic E-state index is 11.9. The zero-order chi connectivity index (χ0) is 11.1. The summed E-state index contributed by atoms with van der Waals surface area (Å²) in [6.45, 7) is 2.00. The molecule has 3 rings (SSSR count). The summed E-state index contributed by atoms with van der Waals surface area (Å²) < 4.78 is 0. The lowest BCUT2D eigenvalue weighted by atomic mass is 10.0. The number of amides is 1. The number of hydrogen-bond donors (Lipinski definition) is 1. The smallest absolute Gasteiger partial charge is 0.238 e. The van der Waals surface area contributed by atoms with Gasteiger partial charge in [0.25, 0.3) is 0 Å². The van der Waals surface area contributed by atoms with Crippen LogP contribution < -0.4 is 5.32 Å². The van der Waals surface area contributed by atoms with Crippen LogP contribution in [0.3, 0.4) is 0 Å². The van der Waals surface area contributed by atoms with Crippen molar-refractivity contribution in [2.24, 2.45) is 0 Å². The van der Waals surface area contributed by atoms with Gasteiger partial charge in [0.15, 0.2) is 0 Å². The maximum atomic E-state index is 11.9. The van der Waals surface area contributed by atoms with Gasteiger partial charge in [-0.2, -0.15) is 0 Å². The van der Waals surface area contributed by atoms with Crippen molar-refractivity contribution >= 4 is 22.9 Å². The average Bonchev–Trinajstić information content (AvgIpc) is 2.80. The van der Waals surface area contributed by atoms with Crippen LogP contribution >= 0.6 is 11.3 Å². The fraction of sp³-hybridized carbons (Fsp3) is 0.167. The third kappa shape index (κ3) is 1.34. The summed E-state index contributed by atoms with van der Waals surface area (Å²) in [6, 6.07) is 7.78. The van der Waals surface area contributed by atoms with Crippen LogP contribution in [0, 0.1) is 6.92 Å². The number of aromatic nitrogens is 1. The third-order valence-electron chi connectivity index (χ3n) is 2.68. The fourth-order valence-corrected chi connectivity index (χ4v) is 2.85. The van der Waals surface area contributed by atoms with Crippen LogP contribution in [0.5, 0.6) is 0 Å². The Balaban J connectivity index is 2.12. The van der Waals surface area contributed by atoms with Gasteiger partial charge in [0.2, 0.25) is 5.91 Å². The molecule has 0 spiro atoms. The molecule has 1 aromatic carbocycles. The Labute approximate surface area is 97.1 Å². The Morgan fingerprint density at radius 3 is 2.94 bits per heavy atom. The van der Waals surface area contributed by atoms with Crippen molar-refractivity contribution < 1.29 is 4.79 Å². The molecule has 16 heavy (non-hydrogen) atoms. The fourth-order valence-electron chi connectivity index (χ4n) is 1.96. The SMILES string of the molecule is Cc1cnc(C2C(=O)Nc3ccccc32)s1. The second kappa shape index (κ2) is 3.42. The molecule has 0 fully saturated rings. The number of nitrogens with zero attached hydrogens (tertiary/aromatic N) is 1. The number of para-hydroxylation sites is 1. The van der Waals surface area contributed by atoms with E-state index >= 15 is 0 Å². The first kappa shape index (κ1) is 9.54. The molecule has 4 heteroatoms. The number of aryl methyl sites for hydroxylation is 1. The molecule has 2 heterocycles. The largest absolute Gasteiger partial charge is 0.325 e. The molecule has 0 bridgehead atoms. The topological polar surface area (TPSA) is 42.0 Å². The van der Waals surface area contributed by atoms with E-state index in [9.17, 15) is 4.79 Å². The zero-order valence-corrected chi connectivity index (χ0v) is 9.54. The molecule has 80 valence electrons. The van der Waals surface area contributed by atoms with E-state index in [4.69, 9.17) is 0 Å². The number of benzene rings is 1. The molecule has 1 amide bonds. The van der Waals surface area contributed by atoms with E-state index in [1.165, 1.54) is 0 Å². The van der Waals surface area contributed by atoms with E-state index in [2.05, 4.69) is 10.3 Å². The molecule has 0 aliphatic carbocycles. The Kier molecular flexibility index (Phi) is 2.04. The van der Waals surface area contributed by atoms with E-state index in [0.29, 0.717) is 0 Å². The molecule has 1 aliphatic rings. The number of anilines is 1. The van der Waals surface area contributed by atoms with Gasteiger partial charge >= 0.3 is 0 Å². The standard InChI is InChI=1S/C12H10N2OS/c1-7-6-13-12(16-7)10-8-4-2-3-5-9(8)14-11(10)15/h2-6,10H,1H3,(H,14,15). The summed E-state index contributed by atoms with van der Waals surface area (Å²) in [6.07, 6.45) is 1.81. The number of carbonyl (C=O) groups is 1. The minimum absolute atomic E-state index is 0.0237. The summed E-state index contributed by atoms with van der Waals surface area (Å²) in [5.41, 5.74) is 1.94. The highest BCUT2D eigenvalue weighted by Crippen LogP contribution is 2.38. The molecular formula is C12H10N2OS. The summed E-state index contributed by atoms with van der Waals surface area (Å²) >= 11 is 1.58. The summed E-state index contributed by atoms with van der Waals surface area (Å²) in [5, 5.41) is 3.76. The molecule has 3 nitrogen and oxygen atoms in total. The number of carbonyl (C=O) groups excluding carboxylic acids is 1. The van der Waals surface area contributed by atoms with Crippen molar-refractivity contribution in [1.29, 1.82) is 0 Å². The van der Waals surface area contributed by atoms with Gasteiger partial charge in [-0.15, -0.1) is 11.3 Å². The predicted molar refractivity (Wildman–Crippen MR) is 63.8 cm³/mol. The lowest BCUT2D eigenvalue weighted by molar-refractivity contribution is -0.116. The Hall–Kier alpha value is -1.68. The Morgan fingerprint density at radius 2 is 2.19 bits per heavy atom. The first-order valence-corrected chi connectivity index (χ1v) is 5.89. The number of fused-ring (bicyclic) bond motifs is 1. The average molecular weight is 230 g/mol. The minimum Gasteiger partial charge on any atom is -0.325 e. The highest BCUT2D eigenvalue weighted by molar-refractivity contribution is 7.11. The predicted octanol–water partition coefficient (Wildman–Crippen LogP) is 2.54. The quantitative estimate of drug-likeness (QED) is 0.818. The monoisotopic (exact) mass is 230 g/mol. The van der Waals surface area contributed by atoms with Crippen LogP contribution in [-0.2, 0) is 4.79 Å². The molecule has 0 saturated heterocycles. The second-order valence-electron chi connectivity index (χ2n) is 3.82. The van der Waals surface area contributed by atoms with Crippen LogP contribution in [0.4, 0.5) is 5.69 Å². The Bertz CT molecular complexity index is 562. The molecular weight excluding hydrogens is 220 g/mol. The molecule has 1 aliphatic heterocycles. The second-order valence-corrected chi connectivity index (χ2v) is 5.09. The molecule has 1 aromatic heterocycles. The molecule has 2 aromatic rings. The number of rotatable bonds is 1. The minimum atomic E-state index is -0.227. The van der Waals surface area contributed by atoms with Crippen molar-refractivity contribution in [3.05, 3.63) is 45.9 Å². The van der Waals surface area contributed by atoms with Crippen molar-refractivity contribution in [2.45, 2.75) is 12.8 Å². The van der Waals surface area contributed by atoms with Crippen LogP contribution in [0.15, 0.2) is 30.5 Å². The molecule has 0 saturated carbocycles. The summed E-state index contributed by atoms with van der Waals surface area (Å²) in [4.78, 5) is 17.3. The van der Waals surface area contributed by atoms with E-state index in [-0.39, 0.29) is 11.8 Å². The third-order valence-corrected chi connectivity index (χ3v) is 3.66. The van der Waals surface area contributed by atoms with Crippen molar-refractivity contribution in [2.75, 3.05) is 5.32 Å². The maximum Gasteiger partial charge on any atom is 0.238 e. The van der Waals surface area contributed by atoms with Gasteiger partial charge < -0.3 is 5.32 Å². The number of thiazole rings is 1. The summed E-state index contributed by atoms with van der Waals surface area (Å²) in [7, 11) is 0. The van der Waals surface area contributed by atoms with Gasteiger partial charge in [-0.25, -0.2) is 4.98 Å². The van der Waals surface area contributed by atoms with Crippen molar-refractivity contribution in [1.82, 2.24) is 4.98 Å². The zero-order valence-electron chi connectivity index (χ0n) is 8.73. The number of hydrogen-bond acceptors (Lipinski definition) is 3. The molecule has 1 atom stereocenters. The van der Waals surface area contributed by atoms with E-state index in [0.717, 1.165) is 21.1 Å². The molecule has 0 radical (unpaired) electrons. The lowest BCUT2D eigenvalue weighted by Gasteiger charge is -2.03. The highest BCUT2D eigenvalue weighted by Gasteiger charge is 2.33. The Morgan fingerprint density at radius 1 is 1.38 bits per heavy atom. The van der Waals surface area contributed by atoms with Gasteiger partial charge in [0, 0.05) is 16.8 Å². The highest BCUT2D eigenvalue weighted by atomic mass is 32.1. The van der Waals surface area contributed by atoms with Crippen LogP contribution in [0.2, 0.25) is 0 Å². The normalized spacial score (nSPS) is 18.3. The van der Waals surface area contributed by atoms with Gasteiger partial charge in [-0.1, -0.05) is 18.2 Å². The van der Waals surface area contributed by atoms with Crippen LogP contribution in [-0.4, -0.2) is 10.9 Å². The summed E-state index contributed by atoms with van der Waals surface area (Å²) in [5.74, 6) is -0.203. The van der Waals surface area contributed by atoms with Crippen LogP contribution in [0.1, 0.15) is 21.4 Å².